The third kappa shape index (κ3) is 11.2. The summed E-state index contributed by atoms with van der Waals surface area (Å²) in [5.74, 6) is -1.06. The second-order valence-electron chi connectivity index (χ2n) is 13.5. The highest BCUT2D eigenvalue weighted by Crippen LogP contribution is 2.36. The Balaban J connectivity index is 1.79. The van der Waals surface area contributed by atoms with E-state index in [1.165, 1.54) is 6.92 Å². The third-order valence-corrected chi connectivity index (χ3v) is 9.30. The van der Waals surface area contributed by atoms with Crippen LogP contribution in [0.2, 0.25) is 0 Å². The summed E-state index contributed by atoms with van der Waals surface area (Å²) in [4.78, 5) is 39.9. The average molecular weight is 649 g/mol. The number of epoxide rings is 1. The highest BCUT2D eigenvalue weighted by atomic mass is 16.6. The molecule has 0 aliphatic carbocycles. The van der Waals surface area contributed by atoms with Crippen LogP contribution in [0.15, 0.2) is 36.0 Å². The van der Waals surface area contributed by atoms with Gasteiger partial charge < -0.3 is 39.4 Å². The Labute approximate surface area is 274 Å². The first-order chi connectivity index (χ1) is 21.7. The van der Waals surface area contributed by atoms with E-state index < -0.39 is 41.9 Å². The van der Waals surface area contributed by atoms with Crippen molar-refractivity contribution in [2.45, 2.75) is 123 Å². The Morgan fingerprint density at radius 1 is 1.22 bits per heavy atom. The first-order valence-corrected chi connectivity index (χ1v) is 16.8. The summed E-state index contributed by atoms with van der Waals surface area (Å²) in [6.45, 7) is 15.2. The molecule has 11 nitrogen and oxygen atoms in total. The lowest BCUT2D eigenvalue weighted by Crippen LogP contribution is -2.51. The molecular formula is C35H56N2O9. The van der Waals surface area contributed by atoms with E-state index >= 15 is 0 Å². The molecule has 1 amide bonds. The molecule has 0 saturated carbocycles. The van der Waals surface area contributed by atoms with Crippen molar-refractivity contribution < 1.29 is 43.5 Å². The molecule has 46 heavy (non-hydrogen) atoms. The summed E-state index contributed by atoms with van der Waals surface area (Å²) in [6, 6.07) is 0. The molecule has 3 heterocycles. The molecule has 11 heteroatoms. The van der Waals surface area contributed by atoms with Crippen molar-refractivity contribution >= 4 is 18.0 Å². The Hall–Kier alpha value is -2.73. The van der Waals surface area contributed by atoms with Crippen molar-refractivity contribution in [2.24, 2.45) is 17.8 Å². The fourth-order valence-electron chi connectivity index (χ4n) is 6.24. The highest BCUT2D eigenvalue weighted by Gasteiger charge is 2.45. The lowest BCUT2D eigenvalue weighted by atomic mass is 9.88. The van der Waals surface area contributed by atoms with Gasteiger partial charge in [-0.25, -0.2) is 4.79 Å². The summed E-state index contributed by atoms with van der Waals surface area (Å²) in [5.41, 5.74) is -0.468. The number of nitrogens with one attached hydrogen (secondary N) is 1. The first kappa shape index (κ1) is 37.7. The Bertz CT molecular complexity index is 1120. The number of aliphatic hydroxyl groups excluding tert-OH is 2. The summed E-state index contributed by atoms with van der Waals surface area (Å²) < 4.78 is 23.5. The number of carbonyl (C=O) groups is 3. The fourth-order valence-corrected chi connectivity index (χ4v) is 6.24. The van der Waals surface area contributed by atoms with Gasteiger partial charge in [0.05, 0.1) is 30.8 Å². The summed E-state index contributed by atoms with van der Waals surface area (Å²) in [7, 11) is 0. The van der Waals surface area contributed by atoms with Gasteiger partial charge in [-0.2, -0.15) is 0 Å². The lowest BCUT2D eigenvalue weighted by Gasteiger charge is -2.37. The molecule has 0 aromatic heterocycles. The van der Waals surface area contributed by atoms with E-state index in [0.717, 1.165) is 12.0 Å². The molecule has 3 aliphatic heterocycles. The van der Waals surface area contributed by atoms with Crippen LogP contribution < -0.4 is 5.32 Å². The van der Waals surface area contributed by atoms with Crippen LogP contribution in [-0.2, 0) is 28.5 Å². The van der Waals surface area contributed by atoms with Crippen LogP contribution in [0.1, 0.15) is 80.6 Å². The molecule has 0 aromatic carbocycles. The largest absolute Gasteiger partial charge is 0.457 e. The van der Waals surface area contributed by atoms with Gasteiger partial charge in [-0.15, -0.1) is 0 Å². The van der Waals surface area contributed by atoms with Gasteiger partial charge in [-0.05, 0) is 57.1 Å². The molecular weight excluding hydrogens is 592 g/mol. The standard InChI is InChI=1S/C35H56N2O9/c1-8-28(40)25(5)33-29(43-33)20-22(2)10-9-11-23(3)32-24(4)12-13-30(44-34(42)37-18-16-36-17-19-37)35(7,46-26(6)38)15-14-27(39)21-31(41)45-32/h9-13,22,24-25,27-30,32-33,36,39-40H,8,14-21H2,1-7H3/b10-9+,13-12+,23-11+/t22-,24+,25-,27-,28+,29?,30+,32-,33-,35-/m1/s1. The number of nitrogens with zero attached hydrogens (tertiary/aromatic N) is 1. The van der Waals surface area contributed by atoms with Crippen molar-refractivity contribution in [1.82, 2.24) is 10.2 Å². The minimum atomic E-state index is -1.27. The van der Waals surface area contributed by atoms with Crippen LogP contribution in [0.5, 0.6) is 0 Å². The molecule has 1 unspecified atom stereocenters. The van der Waals surface area contributed by atoms with E-state index in [1.54, 1.807) is 17.9 Å². The second-order valence-corrected chi connectivity index (χ2v) is 13.5. The number of allylic oxidation sites excluding steroid dienone is 3. The number of hydrogen-bond acceptors (Lipinski definition) is 10. The van der Waals surface area contributed by atoms with Crippen molar-refractivity contribution in [3.8, 4) is 0 Å². The van der Waals surface area contributed by atoms with Crippen LogP contribution in [0.3, 0.4) is 0 Å². The zero-order chi connectivity index (χ0) is 34.0. The monoisotopic (exact) mass is 648 g/mol. The SMILES string of the molecule is CC[C@H](O)[C@@H](C)[C@H]1OC1C[C@H](C)/C=C/C=C(\C)[C@H]1OC(=O)C[C@H](O)CC[C@@](C)(OC(C)=O)[C@@H](OC(=O)N2CCNCC2)/C=C/[C@@H]1C. The van der Waals surface area contributed by atoms with Gasteiger partial charge in [-0.1, -0.05) is 52.0 Å². The molecule has 10 atom stereocenters. The van der Waals surface area contributed by atoms with Gasteiger partial charge in [0, 0.05) is 44.9 Å². The summed E-state index contributed by atoms with van der Waals surface area (Å²) in [5, 5.41) is 24.1. The average Bonchev–Trinajstić information content (AvgIpc) is 3.77. The smallest absolute Gasteiger partial charge is 0.410 e. The number of amides is 1. The summed E-state index contributed by atoms with van der Waals surface area (Å²) in [6.07, 6.45) is 7.84. The number of cyclic esters (lactones) is 1. The van der Waals surface area contributed by atoms with Crippen LogP contribution in [0.25, 0.3) is 0 Å². The number of aliphatic hydroxyl groups is 2. The van der Waals surface area contributed by atoms with Crippen molar-refractivity contribution in [2.75, 3.05) is 26.2 Å². The predicted molar refractivity (Wildman–Crippen MR) is 174 cm³/mol. The number of ether oxygens (including phenoxy) is 4. The predicted octanol–water partition coefficient (Wildman–Crippen LogP) is 4.07. The van der Waals surface area contributed by atoms with Crippen LogP contribution in [0, 0.1) is 17.8 Å². The number of rotatable bonds is 10. The van der Waals surface area contributed by atoms with E-state index in [4.69, 9.17) is 18.9 Å². The highest BCUT2D eigenvalue weighted by molar-refractivity contribution is 5.71. The zero-order valence-corrected chi connectivity index (χ0v) is 28.6. The lowest BCUT2D eigenvalue weighted by molar-refractivity contribution is -0.168. The molecule has 2 fully saturated rings. The van der Waals surface area contributed by atoms with E-state index in [1.807, 2.05) is 45.9 Å². The molecule has 0 aromatic rings. The maximum Gasteiger partial charge on any atom is 0.410 e. The number of hydrogen-bond donors (Lipinski definition) is 3. The Morgan fingerprint density at radius 3 is 2.57 bits per heavy atom. The van der Waals surface area contributed by atoms with Crippen molar-refractivity contribution in [3.63, 3.8) is 0 Å². The maximum atomic E-state index is 13.2. The molecule has 0 bridgehead atoms. The van der Waals surface area contributed by atoms with Crippen molar-refractivity contribution in [3.05, 3.63) is 36.0 Å². The molecule has 3 N–H and O–H groups in total. The summed E-state index contributed by atoms with van der Waals surface area (Å²) >= 11 is 0. The van der Waals surface area contributed by atoms with E-state index in [0.29, 0.717) is 32.6 Å². The third-order valence-electron chi connectivity index (χ3n) is 9.30. The van der Waals surface area contributed by atoms with Gasteiger partial charge in [0.25, 0.3) is 0 Å². The van der Waals surface area contributed by atoms with Gasteiger partial charge >= 0.3 is 18.0 Å². The number of esters is 2. The second kappa shape index (κ2) is 17.4. The molecule has 0 spiro atoms. The zero-order valence-electron chi connectivity index (χ0n) is 28.6. The fraction of sp³-hybridized carbons (Fsp3) is 0.743. The molecule has 3 aliphatic rings. The van der Waals surface area contributed by atoms with Crippen LogP contribution >= 0.6 is 0 Å². The molecule has 260 valence electrons. The van der Waals surface area contributed by atoms with E-state index in [-0.39, 0.29) is 55.3 Å². The van der Waals surface area contributed by atoms with Crippen LogP contribution in [-0.4, -0.2) is 102 Å². The molecule has 3 rings (SSSR count). The minimum Gasteiger partial charge on any atom is -0.457 e. The van der Waals surface area contributed by atoms with Crippen molar-refractivity contribution in [1.29, 1.82) is 0 Å². The minimum absolute atomic E-state index is 0.0874. The molecule has 0 radical (unpaired) electrons. The van der Waals surface area contributed by atoms with Gasteiger partial charge in [0.1, 0.15) is 11.7 Å². The van der Waals surface area contributed by atoms with E-state index in [9.17, 15) is 24.6 Å². The van der Waals surface area contributed by atoms with Crippen LogP contribution in [0.4, 0.5) is 4.79 Å². The number of piperazine rings is 1. The van der Waals surface area contributed by atoms with E-state index in [2.05, 4.69) is 18.3 Å². The first-order valence-electron chi connectivity index (χ1n) is 16.8. The topological polar surface area (TPSA) is 147 Å². The van der Waals surface area contributed by atoms with Gasteiger partial charge in [0.2, 0.25) is 0 Å². The quantitative estimate of drug-likeness (QED) is 0.104. The molecule has 2 saturated heterocycles. The maximum absolute atomic E-state index is 13.2. The number of carbonyl (C=O) groups excluding carboxylic acids is 3. The normalized spacial score (nSPS) is 34.0. The Morgan fingerprint density at radius 2 is 1.91 bits per heavy atom. The van der Waals surface area contributed by atoms with Gasteiger partial charge in [0.15, 0.2) is 6.10 Å². The van der Waals surface area contributed by atoms with Gasteiger partial charge in [-0.3, -0.25) is 9.59 Å². The Kier molecular flexibility index (Phi) is 14.3.